The Bertz CT molecular complexity index is 756. The van der Waals surface area contributed by atoms with Crippen molar-refractivity contribution in [2.24, 2.45) is 0 Å². The number of pyridine rings is 1. The van der Waals surface area contributed by atoms with Gasteiger partial charge in [-0.3, -0.25) is 0 Å². The topological polar surface area (TPSA) is 51.7 Å². The monoisotopic (exact) mass is 368 g/mol. The van der Waals surface area contributed by atoms with Crippen LogP contribution in [0.25, 0.3) is 0 Å². The van der Waals surface area contributed by atoms with Gasteiger partial charge in [-0.25, -0.2) is 9.78 Å². The lowest BCUT2D eigenvalue weighted by molar-refractivity contribution is 0.00913. The molecular weight excluding hydrogens is 340 g/mol. The van der Waals surface area contributed by atoms with Crippen LogP contribution >= 0.6 is 0 Å². The molecule has 0 unspecified atom stereocenters. The maximum Gasteiger partial charge on any atom is 0.410 e. The van der Waals surface area contributed by atoms with Crippen molar-refractivity contribution in [1.29, 1.82) is 0 Å². The minimum absolute atomic E-state index is 0.0759. The molecule has 1 aliphatic rings. The average molecular weight is 368 g/mol. The summed E-state index contributed by atoms with van der Waals surface area (Å²) in [5.41, 5.74) is 1.52. The van der Waals surface area contributed by atoms with Crippen LogP contribution in [0.15, 0.2) is 48.7 Å². The molecule has 3 rings (SSSR count). The van der Waals surface area contributed by atoms with E-state index in [1.165, 1.54) is 0 Å². The van der Waals surface area contributed by atoms with E-state index in [0.717, 1.165) is 30.4 Å². The number of hydrogen-bond acceptors (Lipinski definition) is 4. The van der Waals surface area contributed by atoms with E-state index < -0.39 is 5.60 Å². The van der Waals surface area contributed by atoms with Gasteiger partial charge in [0.15, 0.2) is 0 Å². The van der Waals surface area contributed by atoms with Crippen LogP contribution in [0.3, 0.4) is 0 Å². The molecule has 144 valence electrons. The van der Waals surface area contributed by atoms with Gasteiger partial charge in [0.2, 0.25) is 5.88 Å². The molecule has 0 N–H and O–H groups in total. The van der Waals surface area contributed by atoms with Crippen molar-refractivity contribution in [3.8, 4) is 5.88 Å². The largest absolute Gasteiger partial charge is 0.473 e. The fourth-order valence-corrected chi connectivity index (χ4v) is 3.30. The lowest BCUT2D eigenvalue weighted by atomic mass is 9.96. The van der Waals surface area contributed by atoms with Crippen LogP contribution in [0, 0.1) is 0 Å². The van der Waals surface area contributed by atoms with Crippen LogP contribution in [0.5, 0.6) is 5.88 Å². The van der Waals surface area contributed by atoms with Gasteiger partial charge in [-0.15, -0.1) is 0 Å². The lowest BCUT2D eigenvalue weighted by Crippen LogP contribution is -2.42. The molecule has 1 fully saturated rings. The minimum atomic E-state index is -0.513. The fraction of sp³-hybridized carbons (Fsp3) is 0.455. The molecule has 1 aromatic carbocycles. The first-order valence-corrected chi connectivity index (χ1v) is 9.55. The van der Waals surface area contributed by atoms with Gasteiger partial charge in [0.1, 0.15) is 12.2 Å². The van der Waals surface area contributed by atoms with E-state index in [1.54, 1.807) is 6.20 Å². The predicted molar refractivity (Wildman–Crippen MR) is 105 cm³/mol. The molecule has 1 aliphatic heterocycles. The van der Waals surface area contributed by atoms with Crippen molar-refractivity contribution in [3.05, 3.63) is 59.8 Å². The zero-order chi connectivity index (χ0) is 19.3. The molecule has 0 radical (unpaired) electrons. The van der Waals surface area contributed by atoms with E-state index in [-0.39, 0.29) is 12.1 Å². The summed E-state index contributed by atoms with van der Waals surface area (Å²) in [6, 6.07) is 13.8. The first-order valence-electron chi connectivity index (χ1n) is 9.55. The van der Waals surface area contributed by atoms with Crippen molar-refractivity contribution in [3.63, 3.8) is 0 Å². The molecule has 2 heterocycles. The van der Waals surface area contributed by atoms with Crippen molar-refractivity contribution in [1.82, 2.24) is 9.88 Å². The van der Waals surface area contributed by atoms with E-state index in [0.29, 0.717) is 19.0 Å². The van der Waals surface area contributed by atoms with Crippen molar-refractivity contribution < 1.29 is 14.3 Å². The van der Waals surface area contributed by atoms with Gasteiger partial charge in [-0.05, 0) is 51.7 Å². The van der Waals surface area contributed by atoms with E-state index in [2.05, 4.69) is 4.98 Å². The number of benzene rings is 1. The van der Waals surface area contributed by atoms with Gasteiger partial charge in [0, 0.05) is 18.3 Å². The zero-order valence-electron chi connectivity index (χ0n) is 16.4. The lowest BCUT2D eigenvalue weighted by Gasteiger charge is -2.37. The summed E-state index contributed by atoms with van der Waals surface area (Å²) in [6.45, 7) is 6.81. The Morgan fingerprint density at radius 1 is 1.15 bits per heavy atom. The molecule has 0 saturated carbocycles. The van der Waals surface area contributed by atoms with Gasteiger partial charge in [0.05, 0.1) is 6.04 Å². The van der Waals surface area contributed by atoms with Crippen molar-refractivity contribution in [2.45, 2.75) is 58.3 Å². The smallest absolute Gasteiger partial charge is 0.410 e. The van der Waals surface area contributed by atoms with Gasteiger partial charge in [-0.1, -0.05) is 36.4 Å². The molecule has 2 aromatic rings. The van der Waals surface area contributed by atoms with Crippen LogP contribution in [-0.4, -0.2) is 28.1 Å². The fourth-order valence-electron chi connectivity index (χ4n) is 3.30. The Balaban J connectivity index is 1.79. The quantitative estimate of drug-likeness (QED) is 0.751. The number of hydrogen-bond donors (Lipinski definition) is 0. The third-order valence-corrected chi connectivity index (χ3v) is 4.51. The van der Waals surface area contributed by atoms with Gasteiger partial charge in [-0.2, -0.15) is 0 Å². The first-order chi connectivity index (χ1) is 12.9. The molecular formula is C22H28N2O3. The molecule has 5 nitrogen and oxygen atoms in total. The number of likely N-dealkylation sites (tertiary alicyclic amines) is 1. The van der Waals surface area contributed by atoms with Crippen LogP contribution in [-0.2, 0) is 11.3 Å². The zero-order valence-corrected chi connectivity index (χ0v) is 16.4. The summed E-state index contributed by atoms with van der Waals surface area (Å²) in [4.78, 5) is 19.0. The van der Waals surface area contributed by atoms with E-state index in [9.17, 15) is 4.79 Å². The van der Waals surface area contributed by atoms with Crippen LogP contribution in [0.2, 0.25) is 0 Å². The summed E-state index contributed by atoms with van der Waals surface area (Å²) < 4.78 is 11.6. The number of carbonyl (C=O) groups excluding carboxylic acids is 1. The molecule has 27 heavy (non-hydrogen) atoms. The molecule has 1 amide bonds. The molecule has 0 spiro atoms. The number of ether oxygens (including phenoxy) is 2. The Morgan fingerprint density at radius 3 is 2.67 bits per heavy atom. The third kappa shape index (κ3) is 5.22. The number of rotatable bonds is 4. The maximum atomic E-state index is 12.7. The van der Waals surface area contributed by atoms with Crippen molar-refractivity contribution in [2.75, 3.05) is 6.54 Å². The Kier molecular flexibility index (Phi) is 5.99. The second-order valence-electron chi connectivity index (χ2n) is 7.86. The normalized spacial score (nSPS) is 17.4. The minimum Gasteiger partial charge on any atom is -0.473 e. The number of amides is 1. The summed E-state index contributed by atoms with van der Waals surface area (Å²) >= 11 is 0. The van der Waals surface area contributed by atoms with E-state index >= 15 is 0 Å². The average Bonchev–Trinajstić information content (AvgIpc) is 2.66. The summed E-state index contributed by atoms with van der Waals surface area (Å²) in [5.74, 6) is 0.585. The highest BCUT2D eigenvalue weighted by molar-refractivity contribution is 5.69. The maximum absolute atomic E-state index is 12.7. The van der Waals surface area contributed by atoms with E-state index in [4.69, 9.17) is 9.47 Å². The highest BCUT2D eigenvalue weighted by Gasteiger charge is 2.33. The predicted octanol–water partition coefficient (Wildman–Crippen LogP) is 5.12. The molecule has 1 saturated heterocycles. The number of aromatic nitrogens is 1. The molecule has 1 atom stereocenters. The highest BCUT2D eigenvalue weighted by Crippen LogP contribution is 2.36. The van der Waals surface area contributed by atoms with Crippen LogP contribution in [0.1, 0.15) is 57.2 Å². The van der Waals surface area contributed by atoms with Gasteiger partial charge < -0.3 is 14.4 Å². The molecule has 0 bridgehead atoms. The molecule has 5 heteroatoms. The number of nitrogens with zero attached hydrogens (tertiary/aromatic N) is 2. The van der Waals surface area contributed by atoms with Crippen LogP contribution < -0.4 is 4.74 Å². The molecule has 0 aliphatic carbocycles. The second kappa shape index (κ2) is 8.42. The van der Waals surface area contributed by atoms with Gasteiger partial charge >= 0.3 is 6.09 Å². The first kappa shape index (κ1) is 19.2. The SMILES string of the molecule is CC(C)(C)OC(=O)N1CCCC[C@H]1c1cccnc1OCc1ccccc1. The van der Waals surface area contributed by atoms with Crippen LogP contribution in [0.4, 0.5) is 4.79 Å². The van der Waals surface area contributed by atoms with E-state index in [1.807, 2.05) is 68.1 Å². The standard InChI is InChI=1S/C22H28N2O3/c1-22(2,3)27-21(25)24-15-8-7-13-19(24)18-12-9-14-23-20(18)26-16-17-10-5-4-6-11-17/h4-6,9-12,14,19H,7-8,13,15-16H2,1-3H3/t19-/m0/s1. The summed E-state index contributed by atoms with van der Waals surface area (Å²) in [5, 5.41) is 0. The summed E-state index contributed by atoms with van der Waals surface area (Å²) in [7, 11) is 0. The van der Waals surface area contributed by atoms with Crippen molar-refractivity contribution >= 4 is 6.09 Å². The number of piperidine rings is 1. The Morgan fingerprint density at radius 2 is 1.93 bits per heavy atom. The Hall–Kier alpha value is -2.56. The third-order valence-electron chi connectivity index (χ3n) is 4.51. The Labute approximate surface area is 161 Å². The van der Waals surface area contributed by atoms with Gasteiger partial charge in [0.25, 0.3) is 0 Å². The second-order valence-corrected chi connectivity index (χ2v) is 7.86. The number of carbonyl (C=O) groups is 1. The highest BCUT2D eigenvalue weighted by atomic mass is 16.6. The summed E-state index contributed by atoms with van der Waals surface area (Å²) in [6.07, 6.45) is 4.38. The molecule has 1 aromatic heterocycles.